The molecule has 1 fully saturated rings. The molecule has 2 heterocycles. The monoisotopic (exact) mass is 344 g/mol. The standard InChI is InChI=1S/C22H20N2O2/c25-15-8-10-24(11-9-15)13-14-4-3-7-17-19(14)12-20-16-5-1-2-6-18(16)22(26)23-21(17)20/h1-7H,8-13H2,(H,23,26). The molecule has 0 radical (unpaired) electrons. The molecule has 4 heteroatoms. The number of pyridine rings is 1. The first-order valence-corrected chi connectivity index (χ1v) is 9.20. The molecule has 1 aliphatic heterocycles. The van der Waals surface area contributed by atoms with E-state index in [9.17, 15) is 9.59 Å². The summed E-state index contributed by atoms with van der Waals surface area (Å²) in [7, 11) is 0. The summed E-state index contributed by atoms with van der Waals surface area (Å²) < 4.78 is 0. The van der Waals surface area contributed by atoms with Gasteiger partial charge in [-0.15, -0.1) is 0 Å². The summed E-state index contributed by atoms with van der Waals surface area (Å²) in [6, 6.07) is 14.2. The first kappa shape index (κ1) is 15.5. The number of Topliss-reactive ketones (excluding diaryl/α,β-unsaturated/α-hetero) is 1. The first-order valence-electron chi connectivity index (χ1n) is 9.20. The number of carbonyl (C=O) groups is 1. The maximum absolute atomic E-state index is 12.5. The largest absolute Gasteiger partial charge is 0.321 e. The van der Waals surface area contributed by atoms with Gasteiger partial charge in [0.05, 0.1) is 5.69 Å². The Morgan fingerprint density at radius 3 is 2.46 bits per heavy atom. The van der Waals surface area contributed by atoms with Gasteiger partial charge in [-0.3, -0.25) is 14.5 Å². The first-order chi connectivity index (χ1) is 12.7. The number of aromatic nitrogens is 1. The average molecular weight is 344 g/mol. The zero-order valence-corrected chi connectivity index (χ0v) is 14.5. The molecule has 5 rings (SSSR count). The van der Waals surface area contributed by atoms with Crippen molar-refractivity contribution in [2.45, 2.75) is 25.8 Å². The molecule has 1 aromatic heterocycles. The normalized spacial score (nSPS) is 16.7. The van der Waals surface area contributed by atoms with E-state index in [0.29, 0.717) is 18.6 Å². The van der Waals surface area contributed by atoms with Crippen molar-refractivity contribution in [1.82, 2.24) is 9.88 Å². The number of hydrogen-bond donors (Lipinski definition) is 1. The number of H-pyrrole nitrogens is 1. The number of rotatable bonds is 2. The predicted molar refractivity (Wildman–Crippen MR) is 102 cm³/mol. The minimum absolute atomic E-state index is 0.0212. The van der Waals surface area contributed by atoms with Gasteiger partial charge in [-0.05, 0) is 28.1 Å². The van der Waals surface area contributed by atoms with Gasteiger partial charge in [0.25, 0.3) is 5.56 Å². The SMILES string of the molecule is O=C1CCN(Cc2cccc3c2Cc2c-3[nH]c(=O)c3ccccc23)CC1. The molecular weight excluding hydrogens is 324 g/mol. The van der Waals surface area contributed by atoms with E-state index < -0.39 is 0 Å². The second-order valence-electron chi connectivity index (χ2n) is 7.29. The summed E-state index contributed by atoms with van der Waals surface area (Å²) in [5.41, 5.74) is 5.93. The minimum atomic E-state index is -0.0212. The summed E-state index contributed by atoms with van der Waals surface area (Å²) in [5, 5.41) is 1.81. The number of carbonyl (C=O) groups excluding carboxylic acids is 1. The Kier molecular flexibility index (Phi) is 3.54. The van der Waals surface area contributed by atoms with Crippen LogP contribution in [0, 0.1) is 0 Å². The second-order valence-corrected chi connectivity index (χ2v) is 7.29. The third kappa shape index (κ3) is 2.41. The molecule has 2 aromatic carbocycles. The van der Waals surface area contributed by atoms with Crippen LogP contribution in [0.4, 0.5) is 0 Å². The van der Waals surface area contributed by atoms with Gasteiger partial charge < -0.3 is 4.98 Å². The fourth-order valence-corrected chi connectivity index (χ4v) is 4.35. The van der Waals surface area contributed by atoms with E-state index in [1.165, 1.54) is 16.7 Å². The van der Waals surface area contributed by atoms with E-state index in [0.717, 1.165) is 48.1 Å². The maximum Gasteiger partial charge on any atom is 0.256 e. The Morgan fingerprint density at radius 2 is 1.65 bits per heavy atom. The molecule has 3 aromatic rings. The molecule has 1 aliphatic carbocycles. The number of benzene rings is 2. The molecule has 4 nitrogen and oxygen atoms in total. The fraction of sp³-hybridized carbons (Fsp3) is 0.273. The summed E-state index contributed by atoms with van der Waals surface area (Å²) in [6.07, 6.45) is 2.17. The highest BCUT2D eigenvalue weighted by molar-refractivity contribution is 5.93. The van der Waals surface area contributed by atoms with Crippen LogP contribution in [0.15, 0.2) is 47.3 Å². The molecule has 1 N–H and O–H groups in total. The lowest BCUT2D eigenvalue weighted by Gasteiger charge is -2.26. The van der Waals surface area contributed by atoms with Gasteiger partial charge >= 0.3 is 0 Å². The van der Waals surface area contributed by atoms with Gasteiger partial charge in [0.2, 0.25) is 0 Å². The number of fused-ring (bicyclic) bond motifs is 5. The fourth-order valence-electron chi connectivity index (χ4n) is 4.35. The Morgan fingerprint density at radius 1 is 0.885 bits per heavy atom. The van der Waals surface area contributed by atoms with Crippen molar-refractivity contribution in [3.8, 4) is 11.3 Å². The summed E-state index contributed by atoms with van der Waals surface area (Å²) in [6.45, 7) is 2.55. The van der Waals surface area contributed by atoms with Crippen molar-refractivity contribution < 1.29 is 4.79 Å². The average Bonchev–Trinajstić information content (AvgIpc) is 3.04. The minimum Gasteiger partial charge on any atom is -0.321 e. The molecule has 130 valence electrons. The topological polar surface area (TPSA) is 53.2 Å². The van der Waals surface area contributed by atoms with Crippen LogP contribution in [-0.2, 0) is 17.8 Å². The highest BCUT2D eigenvalue weighted by Crippen LogP contribution is 2.39. The van der Waals surface area contributed by atoms with Crippen LogP contribution >= 0.6 is 0 Å². The zero-order valence-electron chi connectivity index (χ0n) is 14.5. The molecule has 2 aliphatic rings. The summed E-state index contributed by atoms with van der Waals surface area (Å²) >= 11 is 0. The van der Waals surface area contributed by atoms with Crippen LogP contribution in [0.5, 0.6) is 0 Å². The molecule has 0 unspecified atom stereocenters. The molecular formula is C22H20N2O2. The lowest BCUT2D eigenvalue weighted by atomic mass is 10.0. The van der Waals surface area contributed by atoms with Crippen LogP contribution < -0.4 is 5.56 Å². The quantitative estimate of drug-likeness (QED) is 0.607. The molecule has 26 heavy (non-hydrogen) atoms. The number of ketones is 1. The Balaban J connectivity index is 1.57. The molecule has 0 spiro atoms. The van der Waals surface area contributed by atoms with E-state index >= 15 is 0 Å². The van der Waals surface area contributed by atoms with Gasteiger partial charge in [0.1, 0.15) is 5.78 Å². The third-order valence-electron chi connectivity index (χ3n) is 5.74. The van der Waals surface area contributed by atoms with E-state index in [2.05, 4.69) is 28.1 Å². The number of likely N-dealkylation sites (tertiary alicyclic amines) is 1. The van der Waals surface area contributed by atoms with Gasteiger partial charge in [-0.2, -0.15) is 0 Å². The number of piperidine rings is 1. The van der Waals surface area contributed by atoms with Crippen LogP contribution in [0.25, 0.3) is 22.0 Å². The molecule has 1 saturated heterocycles. The van der Waals surface area contributed by atoms with E-state index in [1.54, 1.807) is 0 Å². The molecule has 0 amide bonds. The smallest absolute Gasteiger partial charge is 0.256 e. The van der Waals surface area contributed by atoms with Crippen molar-refractivity contribution in [3.63, 3.8) is 0 Å². The van der Waals surface area contributed by atoms with Crippen molar-refractivity contribution in [1.29, 1.82) is 0 Å². The zero-order chi connectivity index (χ0) is 17.7. The lowest BCUT2D eigenvalue weighted by Crippen LogP contribution is -2.33. The summed E-state index contributed by atoms with van der Waals surface area (Å²) in [5.74, 6) is 0.371. The van der Waals surface area contributed by atoms with Crippen LogP contribution in [-0.4, -0.2) is 28.8 Å². The van der Waals surface area contributed by atoms with E-state index in [4.69, 9.17) is 0 Å². The van der Waals surface area contributed by atoms with Gasteiger partial charge in [0, 0.05) is 49.8 Å². The number of nitrogens with zero attached hydrogens (tertiary/aromatic N) is 1. The van der Waals surface area contributed by atoms with Gasteiger partial charge in [-0.25, -0.2) is 0 Å². The summed E-state index contributed by atoms with van der Waals surface area (Å²) in [4.78, 5) is 29.4. The van der Waals surface area contributed by atoms with Crippen LogP contribution in [0.1, 0.15) is 29.5 Å². The highest BCUT2D eigenvalue weighted by atomic mass is 16.1. The Hall–Kier alpha value is -2.72. The van der Waals surface area contributed by atoms with Gasteiger partial charge in [-0.1, -0.05) is 36.4 Å². The van der Waals surface area contributed by atoms with Crippen molar-refractivity contribution in [3.05, 3.63) is 69.5 Å². The van der Waals surface area contributed by atoms with E-state index in [1.807, 2.05) is 24.3 Å². The lowest BCUT2D eigenvalue weighted by molar-refractivity contribution is -0.121. The van der Waals surface area contributed by atoms with Crippen molar-refractivity contribution in [2.24, 2.45) is 0 Å². The molecule has 0 saturated carbocycles. The molecule has 0 bridgehead atoms. The van der Waals surface area contributed by atoms with Gasteiger partial charge in [0.15, 0.2) is 0 Å². The van der Waals surface area contributed by atoms with E-state index in [-0.39, 0.29) is 5.56 Å². The number of hydrogen-bond acceptors (Lipinski definition) is 3. The predicted octanol–water partition coefficient (Wildman–Crippen LogP) is 3.26. The third-order valence-corrected chi connectivity index (χ3v) is 5.74. The number of nitrogens with one attached hydrogen (secondary N) is 1. The maximum atomic E-state index is 12.5. The van der Waals surface area contributed by atoms with Crippen LogP contribution in [0.2, 0.25) is 0 Å². The number of aromatic amines is 1. The second kappa shape index (κ2) is 5.92. The van der Waals surface area contributed by atoms with Crippen molar-refractivity contribution >= 4 is 16.6 Å². The highest BCUT2D eigenvalue weighted by Gasteiger charge is 2.25. The van der Waals surface area contributed by atoms with Crippen molar-refractivity contribution in [2.75, 3.05) is 13.1 Å². The Bertz CT molecular complexity index is 1090. The van der Waals surface area contributed by atoms with Crippen LogP contribution in [0.3, 0.4) is 0 Å². The Labute approximate surface area is 151 Å². The molecule has 0 atom stereocenters.